The fraction of sp³-hybridized carbons (Fsp3) is 0.400. The molecule has 1 aliphatic carbocycles. The highest BCUT2D eigenvalue weighted by Gasteiger charge is 2.32. The third-order valence-electron chi connectivity index (χ3n) is 3.80. The van der Waals surface area contributed by atoms with Gasteiger partial charge in [-0.2, -0.15) is 0 Å². The highest BCUT2D eigenvalue weighted by molar-refractivity contribution is 9.10. The van der Waals surface area contributed by atoms with Gasteiger partial charge in [-0.05, 0) is 57.9 Å². The summed E-state index contributed by atoms with van der Waals surface area (Å²) in [7, 11) is 0. The van der Waals surface area contributed by atoms with Gasteiger partial charge in [-0.3, -0.25) is 0 Å². The Hall–Kier alpha value is -1.13. The van der Waals surface area contributed by atoms with Crippen molar-refractivity contribution in [2.24, 2.45) is 11.1 Å². The van der Waals surface area contributed by atoms with E-state index in [1.807, 2.05) is 18.3 Å². The number of fused-ring (bicyclic) bond motifs is 1. The van der Waals surface area contributed by atoms with Crippen LogP contribution in [0.4, 0.5) is 0 Å². The van der Waals surface area contributed by atoms with Gasteiger partial charge in [-0.15, -0.1) is 0 Å². The van der Waals surface area contributed by atoms with Crippen LogP contribution in [0.1, 0.15) is 37.6 Å². The Morgan fingerprint density at radius 2 is 2.16 bits per heavy atom. The summed E-state index contributed by atoms with van der Waals surface area (Å²) in [6, 6.07) is 6.31. The highest BCUT2D eigenvalue weighted by Crippen LogP contribution is 2.40. The van der Waals surface area contributed by atoms with Gasteiger partial charge < -0.3 is 10.3 Å². The smallest absolute Gasteiger partial charge is 0.136 e. The summed E-state index contributed by atoms with van der Waals surface area (Å²) < 4.78 is 3.16. The van der Waals surface area contributed by atoms with Crippen LogP contribution in [0.25, 0.3) is 5.82 Å². The van der Waals surface area contributed by atoms with Gasteiger partial charge in [0.05, 0.1) is 0 Å². The summed E-state index contributed by atoms with van der Waals surface area (Å²) in [5.41, 5.74) is 9.12. The van der Waals surface area contributed by atoms with Gasteiger partial charge in [-0.25, -0.2) is 4.98 Å². The first-order chi connectivity index (χ1) is 8.96. The zero-order valence-corrected chi connectivity index (χ0v) is 12.8. The Labute approximate surface area is 122 Å². The van der Waals surface area contributed by atoms with Crippen molar-refractivity contribution in [1.82, 2.24) is 9.55 Å². The normalized spacial score (nSPS) is 21.2. The number of halogens is 1. The van der Waals surface area contributed by atoms with Gasteiger partial charge in [0.1, 0.15) is 5.82 Å². The molecule has 1 unspecified atom stereocenters. The molecular formula is C15H18BrN3. The Balaban J connectivity index is 2.08. The van der Waals surface area contributed by atoms with Crippen molar-refractivity contribution in [3.05, 3.63) is 46.3 Å². The van der Waals surface area contributed by atoms with Crippen molar-refractivity contribution in [2.75, 3.05) is 0 Å². The highest BCUT2D eigenvalue weighted by atomic mass is 79.9. The number of pyridine rings is 1. The van der Waals surface area contributed by atoms with E-state index in [9.17, 15) is 0 Å². The maximum Gasteiger partial charge on any atom is 0.136 e. The second-order valence-corrected chi connectivity index (χ2v) is 6.99. The molecular weight excluding hydrogens is 302 g/mol. The molecule has 100 valence electrons. The molecule has 3 rings (SSSR count). The van der Waals surface area contributed by atoms with Crippen molar-refractivity contribution in [3.8, 4) is 5.82 Å². The van der Waals surface area contributed by atoms with E-state index in [4.69, 9.17) is 5.73 Å². The molecule has 0 fully saturated rings. The van der Waals surface area contributed by atoms with Crippen LogP contribution in [0.2, 0.25) is 0 Å². The Kier molecular flexibility index (Phi) is 3.02. The van der Waals surface area contributed by atoms with E-state index in [0.717, 1.165) is 23.1 Å². The van der Waals surface area contributed by atoms with Crippen LogP contribution in [0.5, 0.6) is 0 Å². The number of hydrogen-bond acceptors (Lipinski definition) is 2. The van der Waals surface area contributed by atoms with E-state index in [1.54, 1.807) is 0 Å². The van der Waals surface area contributed by atoms with E-state index in [1.165, 1.54) is 11.3 Å². The van der Waals surface area contributed by atoms with Crippen LogP contribution in [0.3, 0.4) is 0 Å². The van der Waals surface area contributed by atoms with Gasteiger partial charge >= 0.3 is 0 Å². The lowest BCUT2D eigenvalue weighted by molar-refractivity contribution is 0.278. The van der Waals surface area contributed by atoms with Gasteiger partial charge in [-0.1, -0.05) is 13.8 Å². The molecule has 19 heavy (non-hydrogen) atoms. The first-order valence-corrected chi connectivity index (χ1v) is 7.33. The van der Waals surface area contributed by atoms with Crippen LogP contribution in [-0.2, 0) is 6.42 Å². The molecule has 0 spiro atoms. The quantitative estimate of drug-likeness (QED) is 0.872. The fourth-order valence-corrected chi connectivity index (χ4v) is 3.20. The maximum absolute atomic E-state index is 6.30. The van der Waals surface area contributed by atoms with Crippen molar-refractivity contribution >= 4 is 15.9 Å². The first kappa shape index (κ1) is 12.9. The standard InChI is InChI=1S/C15H18BrN3/c1-15(2)7-12(17)11-5-6-19(13(11)8-15)14-4-3-10(16)9-18-14/h3-6,9,12H,7-8,17H2,1-2H3. The van der Waals surface area contributed by atoms with Crippen LogP contribution in [0.15, 0.2) is 35.1 Å². The molecule has 2 aromatic rings. The lowest BCUT2D eigenvalue weighted by Gasteiger charge is -2.34. The minimum Gasteiger partial charge on any atom is -0.324 e. The summed E-state index contributed by atoms with van der Waals surface area (Å²) in [6.07, 6.45) is 6.00. The Morgan fingerprint density at radius 1 is 1.37 bits per heavy atom. The van der Waals surface area contributed by atoms with Crippen molar-refractivity contribution in [2.45, 2.75) is 32.7 Å². The van der Waals surface area contributed by atoms with E-state index in [2.05, 4.69) is 51.6 Å². The predicted octanol–water partition coefficient (Wildman–Crippen LogP) is 3.61. The number of nitrogens with two attached hydrogens (primary N) is 1. The fourth-order valence-electron chi connectivity index (χ4n) is 2.96. The molecule has 1 aliphatic rings. The lowest BCUT2D eigenvalue weighted by atomic mass is 9.74. The SMILES string of the molecule is CC1(C)Cc2c(ccn2-c2ccc(Br)cn2)C(N)C1. The predicted molar refractivity (Wildman–Crippen MR) is 80.3 cm³/mol. The summed E-state index contributed by atoms with van der Waals surface area (Å²) in [6.45, 7) is 4.56. The van der Waals surface area contributed by atoms with E-state index in [-0.39, 0.29) is 11.5 Å². The van der Waals surface area contributed by atoms with E-state index < -0.39 is 0 Å². The zero-order valence-electron chi connectivity index (χ0n) is 11.2. The molecule has 0 amide bonds. The second-order valence-electron chi connectivity index (χ2n) is 6.07. The van der Waals surface area contributed by atoms with Gasteiger partial charge in [0, 0.05) is 28.6 Å². The number of rotatable bonds is 1. The minimum atomic E-state index is 0.135. The molecule has 0 radical (unpaired) electrons. The second kappa shape index (κ2) is 4.46. The third-order valence-corrected chi connectivity index (χ3v) is 4.27. The summed E-state index contributed by atoms with van der Waals surface area (Å²) in [5, 5.41) is 0. The molecule has 2 aromatic heterocycles. The average molecular weight is 320 g/mol. The van der Waals surface area contributed by atoms with Crippen LogP contribution in [-0.4, -0.2) is 9.55 Å². The van der Waals surface area contributed by atoms with E-state index in [0.29, 0.717) is 0 Å². The molecule has 0 saturated heterocycles. The first-order valence-electron chi connectivity index (χ1n) is 6.54. The molecule has 0 saturated carbocycles. The molecule has 4 heteroatoms. The largest absolute Gasteiger partial charge is 0.324 e. The minimum absolute atomic E-state index is 0.135. The number of aromatic nitrogens is 2. The molecule has 0 bridgehead atoms. The summed E-state index contributed by atoms with van der Waals surface area (Å²) in [4.78, 5) is 4.48. The van der Waals surface area contributed by atoms with Gasteiger partial charge in [0.25, 0.3) is 0 Å². The van der Waals surface area contributed by atoms with Crippen LogP contribution >= 0.6 is 15.9 Å². The van der Waals surface area contributed by atoms with Crippen LogP contribution in [0, 0.1) is 5.41 Å². The summed E-state index contributed by atoms with van der Waals surface area (Å²) >= 11 is 3.42. The van der Waals surface area contributed by atoms with Crippen LogP contribution < -0.4 is 5.73 Å². The molecule has 0 aliphatic heterocycles. The Bertz CT molecular complexity index is 598. The molecule has 2 N–H and O–H groups in total. The topological polar surface area (TPSA) is 43.8 Å². The third kappa shape index (κ3) is 2.35. The monoisotopic (exact) mass is 319 g/mol. The summed E-state index contributed by atoms with van der Waals surface area (Å²) in [5.74, 6) is 0.953. The van der Waals surface area contributed by atoms with Crippen molar-refractivity contribution in [3.63, 3.8) is 0 Å². The van der Waals surface area contributed by atoms with Crippen molar-refractivity contribution in [1.29, 1.82) is 0 Å². The average Bonchev–Trinajstić information content (AvgIpc) is 2.72. The van der Waals surface area contributed by atoms with Gasteiger partial charge in [0.2, 0.25) is 0 Å². The zero-order chi connectivity index (χ0) is 13.6. The molecule has 2 heterocycles. The molecule has 0 aromatic carbocycles. The van der Waals surface area contributed by atoms with Gasteiger partial charge in [0.15, 0.2) is 0 Å². The number of nitrogens with zero attached hydrogens (tertiary/aromatic N) is 2. The maximum atomic E-state index is 6.30. The van der Waals surface area contributed by atoms with Crippen molar-refractivity contribution < 1.29 is 0 Å². The Morgan fingerprint density at radius 3 is 2.84 bits per heavy atom. The number of hydrogen-bond donors (Lipinski definition) is 1. The van der Waals surface area contributed by atoms with E-state index >= 15 is 0 Å². The molecule has 1 atom stereocenters. The molecule has 3 nitrogen and oxygen atoms in total. The lowest BCUT2D eigenvalue weighted by Crippen LogP contribution is -2.30.